The third-order valence-corrected chi connectivity index (χ3v) is 10.3. The van der Waals surface area contributed by atoms with Gasteiger partial charge in [0.2, 0.25) is 0 Å². The van der Waals surface area contributed by atoms with E-state index in [-0.39, 0.29) is 71.6 Å². The Morgan fingerprint density at radius 3 is 1.03 bits per heavy atom. The Bertz CT molecular complexity index is 2010. The number of aliphatic hydroxyl groups is 2. The third-order valence-electron chi connectivity index (χ3n) is 10.3. The molecule has 398 valence electrons. The molecule has 0 heterocycles. The molecule has 5 atom stereocenters. The maximum atomic E-state index is 13.3. The highest BCUT2D eigenvalue weighted by Gasteiger charge is 2.31. The molecule has 72 heavy (non-hydrogen) atoms. The van der Waals surface area contributed by atoms with Gasteiger partial charge in [0, 0.05) is 13.1 Å². The number of carbonyl (C=O) groups excluding carboxylic acids is 6. The number of nitrogens with one attached hydrogen (secondary N) is 3. The summed E-state index contributed by atoms with van der Waals surface area (Å²) in [6, 6.07) is 23.7. The van der Waals surface area contributed by atoms with E-state index in [0.717, 1.165) is 16.7 Å². The fraction of sp³-hybridized carbons (Fsp3) is 0.556. The van der Waals surface area contributed by atoms with E-state index < -0.39 is 83.3 Å². The van der Waals surface area contributed by atoms with Gasteiger partial charge in [0.25, 0.3) is 0 Å². The summed E-state index contributed by atoms with van der Waals surface area (Å²) in [6.07, 6.45) is -3.71. The normalized spacial score (nSPS) is 13.8. The van der Waals surface area contributed by atoms with E-state index in [2.05, 4.69) is 16.0 Å². The van der Waals surface area contributed by atoms with Crippen LogP contribution in [-0.4, -0.2) is 118 Å². The largest absolute Gasteiger partial charge is 0.458 e. The molecule has 3 amide bonds. The predicted octanol–water partition coefficient (Wildman–Crippen LogP) is 7.65. The van der Waals surface area contributed by atoms with Gasteiger partial charge in [-0.25, -0.2) is 28.8 Å². The van der Waals surface area contributed by atoms with Crippen molar-refractivity contribution in [1.82, 2.24) is 20.9 Å². The van der Waals surface area contributed by atoms with Gasteiger partial charge >= 0.3 is 36.2 Å². The molecule has 18 nitrogen and oxygen atoms in total. The van der Waals surface area contributed by atoms with Gasteiger partial charge in [-0.3, -0.25) is 4.90 Å². The molecule has 0 bridgehead atoms. The molecule has 3 aromatic carbocycles. The summed E-state index contributed by atoms with van der Waals surface area (Å²) < 4.78 is 32.9. The molecule has 0 saturated carbocycles. The highest BCUT2D eigenvalue weighted by Crippen LogP contribution is 2.18. The Kier molecular flexibility index (Phi) is 25.0. The molecule has 0 fully saturated rings. The number of rotatable bonds is 27. The molecule has 0 radical (unpaired) electrons. The minimum absolute atomic E-state index is 0.00430. The minimum Gasteiger partial charge on any atom is -0.458 e. The van der Waals surface area contributed by atoms with Crippen molar-refractivity contribution < 1.29 is 67.4 Å². The number of aliphatic hydroxyl groups excluding tert-OH is 2. The van der Waals surface area contributed by atoms with Crippen LogP contribution >= 0.6 is 0 Å². The first-order chi connectivity index (χ1) is 33.8. The van der Waals surface area contributed by atoms with Gasteiger partial charge in [-0.05, 0) is 130 Å². The molecule has 0 aliphatic carbocycles. The highest BCUT2D eigenvalue weighted by atomic mass is 16.6. The molecule has 0 aliphatic heterocycles. The maximum Gasteiger partial charge on any atom is 0.408 e. The van der Waals surface area contributed by atoms with Crippen molar-refractivity contribution in [1.29, 1.82) is 0 Å². The van der Waals surface area contributed by atoms with Crippen LogP contribution in [0, 0.1) is 0 Å². The number of unbranched alkanes of at least 4 members (excludes halogenated alkanes) is 1. The van der Waals surface area contributed by atoms with Crippen LogP contribution in [0.3, 0.4) is 0 Å². The van der Waals surface area contributed by atoms with Crippen molar-refractivity contribution in [2.75, 3.05) is 19.6 Å². The lowest BCUT2D eigenvalue weighted by molar-refractivity contribution is -0.158. The lowest BCUT2D eigenvalue weighted by Gasteiger charge is -2.29. The quantitative estimate of drug-likeness (QED) is 0.0280. The van der Waals surface area contributed by atoms with E-state index >= 15 is 0 Å². The van der Waals surface area contributed by atoms with Crippen molar-refractivity contribution in [2.45, 2.75) is 174 Å². The SMILES string of the molecule is CC(C)(C)OC(=O)C(CCCCN(CC(O)CCC(NC(=O)OCc1ccccc1)C(=O)OC(C)(C)C)CC(O)CCC(NC(=O)OCc1ccccc1)C(=O)OC(C)(C)C)NC(=O)OCc1ccccc1. The van der Waals surface area contributed by atoms with Crippen LogP contribution in [0.25, 0.3) is 0 Å². The summed E-state index contributed by atoms with van der Waals surface area (Å²) in [5, 5.41) is 30.8. The van der Waals surface area contributed by atoms with Gasteiger partial charge in [0.1, 0.15) is 54.7 Å². The van der Waals surface area contributed by atoms with Crippen molar-refractivity contribution in [2.24, 2.45) is 0 Å². The predicted molar refractivity (Wildman–Crippen MR) is 269 cm³/mol. The number of esters is 3. The van der Waals surface area contributed by atoms with E-state index in [4.69, 9.17) is 28.4 Å². The Morgan fingerprint density at radius 2 is 0.736 bits per heavy atom. The molecule has 0 aliphatic rings. The molecule has 0 aromatic heterocycles. The Morgan fingerprint density at radius 1 is 0.444 bits per heavy atom. The first kappa shape index (κ1) is 60.1. The molecule has 3 rings (SSSR count). The van der Waals surface area contributed by atoms with E-state index in [1.165, 1.54) is 0 Å². The summed E-state index contributed by atoms with van der Waals surface area (Å²) in [5.74, 6) is -2.07. The van der Waals surface area contributed by atoms with E-state index in [1.54, 1.807) is 128 Å². The van der Waals surface area contributed by atoms with Gasteiger partial charge < -0.3 is 54.6 Å². The topological polar surface area (TPSA) is 238 Å². The fourth-order valence-electron chi connectivity index (χ4n) is 7.02. The second-order valence-electron chi connectivity index (χ2n) is 20.6. The average Bonchev–Trinajstić information content (AvgIpc) is 3.29. The molecular weight excluding hydrogens is 929 g/mol. The smallest absolute Gasteiger partial charge is 0.408 e. The second kappa shape index (κ2) is 29.9. The second-order valence-corrected chi connectivity index (χ2v) is 20.6. The number of nitrogens with zero attached hydrogens (tertiary/aromatic N) is 1. The van der Waals surface area contributed by atoms with Crippen LogP contribution < -0.4 is 16.0 Å². The molecule has 0 spiro atoms. The minimum atomic E-state index is -1.17. The van der Waals surface area contributed by atoms with Gasteiger partial charge in [-0.15, -0.1) is 0 Å². The summed E-state index contributed by atoms with van der Waals surface area (Å²) in [5.41, 5.74) is -0.337. The van der Waals surface area contributed by atoms with Crippen molar-refractivity contribution in [3.05, 3.63) is 108 Å². The zero-order chi connectivity index (χ0) is 53.3. The summed E-state index contributed by atoms with van der Waals surface area (Å²) in [6.45, 7) is 15.5. The lowest BCUT2D eigenvalue weighted by Crippen LogP contribution is -2.46. The average molecular weight is 1010 g/mol. The monoisotopic (exact) mass is 1010 g/mol. The summed E-state index contributed by atoms with van der Waals surface area (Å²) >= 11 is 0. The standard InChI is InChI=1S/C54H78N4O14/c1-52(2,3)70-46(61)43(55-49(64)67-35-38-21-13-10-14-22-38)27-19-20-32-58(33-41(59)28-30-44(47(62)71-53(4,5)6)56-50(65)68-36-39-23-15-11-16-24-39)34-42(60)29-31-45(48(63)72-54(7,8)9)57-51(66)69-37-40-25-17-12-18-26-40/h10-18,21-26,41-45,59-60H,19-20,27-37H2,1-9H3,(H,55,64)(H,56,65)(H,57,66). The molecule has 18 heteroatoms. The van der Waals surface area contributed by atoms with Crippen LogP contribution in [0.5, 0.6) is 0 Å². The molecule has 0 saturated heterocycles. The number of hydrogen-bond donors (Lipinski definition) is 5. The van der Waals surface area contributed by atoms with Crippen molar-refractivity contribution >= 4 is 36.2 Å². The van der Waals surface area contributed by atoms with Gasteiger partial charge in [0.15, 0.2) is 0 Å². The Hall–Kier alpha value is -6.24. The van der Waals surface area contributed by atoms with Crippen LogP contribution in [0.1, 0.15) is 124 Å². The van der Waals surface area contributed by atoms with E-state index in [0.29, 0.717) is 12.8 Å². The molecule has 5 N–H and O–H groups in total. The fourth-order valence-corrected chi connectivity index (χ4v) is 7.02. The zero-order valence-electron chi connectivity index (χ0n) is 43.5. The van der Waals surface area contributed by atoms with Crippen LogP contribution in [-0.2, 0) is 62.6 Å². The number of benzene rings is 3. The Balaban J connectivity index is 1.76. The molecular formula is C54H78N4O14. The van der Waals surface area contributed by atoms with E-state index in [1.807, 2.05) is 30.3 Å². The third kappa shape index (κ3) is 26.8. The molecule has 3 aromatic rings. The van der Waals surface area contributed by atoms with Gasteiger partial charge in [-0.1, -0.05) is 91.0 Å². The molecule has 5 unspecified atom stereocenters. The summed E-state index contributed by atoms with van der Waals surface area (Å²) in [4.78, 5) is 80.5. The first-order valence-corrected chi connectivity index (χ1v) is 24.5. The number of ether oxygens (including phenoxy) is 6. The Labute approximate surface area is 424 Å². The number of hydrogen-bond acceptors (Lipinski definition) is 15. The van der Waals surface area contributed by atoms with Crippen LogP contribution in [0.2, 0.25) is 0 Å². The van der Waals surface area contributed by atoms with Gasteiger partial charge in [0.05, 0.1) is 12.2 Å². The van der Waals surface area contributed by atoms with Crippen LogP contribution in [0.15, 0.2) is 91.0 Å². The highest BCUT2D eigenvalue weighted by molar-refractivity contribution is 5.83. The van der Waals surface area contributed by atoms with Gasteiger partial charge in [-0.2, -0.15) is 0 Å². The maximum absolute atomic E-state index is 13.3. The zero-order valence-corrected chi connectivity index (χ0v) is 43.5. The number of alkyl carbamates (subject to hydrolysis) is 3. The number of carbonyl (C=O) groups is 6. The first-order valence-electron chi connectivity index (χ1n) is 24.5. The van der Waals surface area contributed by atoms with Crippen LogP contribution in [0.4, 0.5) is 14.4 Å². The van der Waals surface area contributed by atoms with Crippen molar-refractivity contribution in [3.8, 4) is 0 Å². The number of amides is 3. The van der Waals surface area contributed by atoms with E-state index in [9.17, 15) is 39.0 Å². The summed E-state index contributed by atoms with van der Waals surface area (Å²) in [7, 11) is 0. The lowest BCUT2D eigenvalue weighted by atomic mass is 10.0. The van der Waals surface area contributed by atoms with Crippen molar-refractivity contribution in [3.63, 3.8) is 0 Å².